The molecule has 0 saturated carbocycles. The second-order valence-corrected chi connectivity index (χ2v) is 6.73. The van der Waals surface area contributed by atoms with E-state index in [4.69, 9.17) is 14.3 Å². The molecule has 0 aliphatic rings. The van der Waals surface area contributed by atoms with Crippen molar-refractivity contribution in [3.05, 3.63) is 0 Å². The second kappa shape index (κ2) is 9.08. The highest BCUT2D eigenvalue weighted by atomic mass is 31.2. The standard InChI is InChI=1S/C13H29O4P/c1-4-6-8-9-11-13(3,10-7-5-2)12-17-18(14,15)16/h4-12H2,1-3H3,(H2,14,15,16). The fourth-order valence-corrected chi connectivity index (χ4v) is 2.57. The van der Waals surface area contributed by atoms with Crippen LogP contribution in [0.2, 0.25) is 0 Å². The van der Waals surface area contributed by atoms with Gasteiger partial charge in [0.15, 0.2) is 0 Å². The number of hydrogen-bond acceptors (Lipinski definition) is 2. The van der Waals surface area contributed by atoms with E-state index in [2.05, 4.69) is 20.8 Å². The van der Waals surface area contributed by atoms with E-state index in [0.29, 0.717) is 0 Å². The molecule has 5 heteroatoms. The van der Waals surface area contributed by atoms with Crippen molar-refractivity contribution in [1.29, 1.82) is 0 Å². The summed E-state index contributed by atoms with van der Waals surface area (Å²) in [4.78, 5) is 17.6. The lowest BCUT2D eigenvalue weighted by molar-refractivity contribution is 0.0997. The van der Waals surface area contributed by atoms with Gasteiger partial charge in [0.05, 0.1) is 6.61 Å². The Labute approximate surface area is 111 Å². The first-order chi connectivity index (χ1) is 8.33. The molecule has 110 valence electrons. The monoisotopic (exact) mass is 280 g/mol. The average molecular weight is 280 g/mol. The number of hydrogen-bond donors (Lipinski definition) is 2. The van der Waals surface area contributed by atoms with Crippen LogP contribution in [0.3, 0.4) is 0 Å². The molecule has 0 rings (SSSR count). The number of phosphoric ester groups is 1. The summed E-state index contributed by atoms with van der Waals surface area (Å²) in [6.45, 7) is 6.53. The van der Waals surface area contributed by atoms with Gasteiger partial charge < -0.3 is 9.79 Å². The quantitative estimate of drug-likeness (QED) is 0.438. The Morgan fingerprint density at radius 3 is 2.06 bits per heavy atom. The molecule has 0 aliphatic heterocycles. The van der Waals surface area contributed by atoms with E-state index >= 15 is 0 Å². The Morgan fingerprint density at radius 2 is 1.56 bits per heavy atom. The van der Waals surface area contributed by atoms with E-state index in [1.54, 1.807) is 0 Å². The molecule has 0 bridgehead atoms. The van der Waals surface area contributed by atoms with Crippen LogP contribution >= 0.6 is 7.82 Å². The smallest absolute Gasteiger partial charge is 0.303 e. The minimum absolute atomic E-state index is 0.106. The molecule has 0 saturated heterocycles. The molecule has 2 N–H and O–H groups in total. The molecule has 0 heterocycles. The van der Waals surface area contributed by atoms with Gasteiger partial charge in [0.2, 0.25) is 0 Å². The summed E-state index contributed by atoms with van der Waals surface area (Å²) in [5, 5.41) is 0. The minimum atomic E-state index is -4.34. The molecule has 0 amide bonds. The molecular formula is C13H29O4P. The van der Waals surface area contributed by atoms with Gasteiger partial charge >= 0.3 is 7.82 Å². The Kier molecular flexibility index (Phi) is 9.14. The first-order valence-electron chi connectivity index (χ1n) is 7.03. The van der Waals surface area contributed by atoms with Gasteiger partial charge in [0, 0.05) is 0 Å². The summed E-state index contributed by atoms with van der Waals surface area (Å²) in [6.07, 6.45) is 8.85. The highest BCUT2D eigenvalue weighted by molar-refractivity contribution is 7.46. The molecule has 0 aromatic carbocycles. The van der Waals surface area contributed by atoms with Gasteiger partial charge in [0.25, 0.3) is 0 Å². The lowest BCUT2D eigenvalue weighted by Crippen LogP contribution is -2.23. The maximum Gasteiger partial charge on any atom is 0.469 e. The van der Waals surface area contributed by atoms with Crippen molar-refractivity contribution in [2.75, 3.05) is 6.61 Å². The molecule has 1 atom stereocenters. The van der Waals surface area contributed by atoms with Crippen molar-refractivity contribution in [2.24, 2.45) is 5.41 Å². The van der Waals surface area contributed by atoms with Crippen molar-refractivity contribution in [2.45, 2.75) is 72.1 Å². The third-order valence-corrected chi connectivity index (χ3v) is 3.81. The largest absolute Gasteiger partial charge is 0.469 e. The van der Waals surface area contributed by atoms with Gasteiger partial charge in [-0.1, -0.05) is 59.3 Å². The van der Waals surface area contributed by atoms with Crippen LogP contribution in [0.5, 0.6) is 0 Å². The molecule has 4 nitrogen and oxygen atoms in total. The molecular weight excluding hydrogens is 251 g/mol. The summed E-state index contributed by atoms with van der Waals surface area (Å²) < 4.78 is 15.5. The van der Waals surface area contributed by atoms with Crippen molar-refractivity contribution in [3.8, 4) is 0 Å². The molecule has 0 fully saturated rings. The predicted octanol–water partition coefficient (Wildman–Crippen LogP) is 4.26. The predicted molar refractivity (Wildman–Crippen MR) is 74.4 cm³/mol. The van der Waals surface area contributed by atoms with Gasteiger partial charge in [-0.05, 0) is 18.3 Å². The van der Waals surface area contributed by atoms with Crippen LogP contribution < -0.4 is 0 Å². The molecule has 0 aromatic rings. The highest BCUT2D eigenvalue weighted by Gasteiger charge is 2.27. The normalized spacial score (nSPS) is 15.6. The Bertz CT molecular complexity index is 251. The van der Waals surface area contributed by atoms with E-state index in [-0.39, 0.29) is 12.0 Å². The van der Waals surface area contributed by atoms with E-state index in [1.807, 2.05) is 0 Å². The van der Waals surface area contributed by atoms with Gasteiger partial charge in [-0.3, -0.25) is 4.52 Å². The van der Waals surface area contributed by atoms with Crippen molar-refractivity contribution < 1.29 is 18.9 Å². The van der Waals surface area contributed by atoms with Gasteiger partial charge in [-0.2, -0.15) is 0 Å². The fraction of sp³-hybridized carbons (Fsp3) is 1.00. The highest BCUT2D eigenvalue weighted by Crippen LogP contribution is 2.41. The number of phosphoric acid groups is 1. The van der Waals surface area contributed by atoms with E-state index in [9.17, 15) is 4.57 Å². The van der Waals surface area contributed by atoms with Crippen LogP contribution in [-0.4, -0.2) is 16.4 Å². The van der Waals surface area contributed by atoms with Crippen molar-refractivity contribution in [1.82, 2.24) is 0 Å². The Morgan fingerprint density at radius 1 is 1.00 bits per heavy atom. The first-order valence-corrected chi connectivity index (χ1v) is 8.56. The zero-order chi connectivity index (χ0) is 14.1. The summed E-state index contributed by atoms with van der Waals surface area (Å²) in [6, 6.07) is 0. The van der Waals surface area contributed by atoms with Crippen molar-refractivity contribution in [3.63, 3.8) is 0 Å². The maximum absolute atomic E-state index is 10.8. The molecule has 0 radical (unpaired) electrons. The summed E-state index contributed by atoms with van der Waals surface area (Å²) in [5.74, 6) is 0. The van der Waals surface area contributed by atoms with E-state index < -0.39 is 7.82 Å². The molecule has 1 unspecified atom stereocenters. The molecule has 0 aromatic heterocycles. The van der Waals surface area contributed by atoms with Crippen LogP contribution in [0.15, 0.2) is 0 Å². The topological polar surface area (TPSA) is 66.8 Å². The van der Waals surface area contributed by atoms with E-state index in [0.717, 1.165) is 32.1 Å². The van der Waals surface area contributed by atoms with E-state index in [1.165, 1.54) is 19.3 Å². The average Bonchev–Trinajstić information content (AvgIpc) is 2.29. The zero-order valence-corrected chi connectivity index (χ0v) is 12.9. The first kappa shape index (κ1) is 18.1. The van der Waals surface area contributed by atoms with Gasteiger partial charge in [-0.25, -0.2) is 4.57 Å². The Hall–Kier alpha value is 0.110. The summed E-state index contributed by atoms with van der Waals surface area (Å²) in [7, 11) is -4.34. The lowest BCUT2D eigenvalue weighted by Gasteiger charge is -2.29. The maximum atomic E-state index is 10.8. The van der Waals surface area contributed by atoms with Crippen LogP contribution in [0.1, 0.15) is 72.1 Å². The van der Waals surface area contributed by atoms with Crippen LogP contribution in [-0.2, 0) is 9.09 Å². The zero-order valence-electron chi connectivity index (χ0n) is 12.0. The number of unbranched alkanes of at least 4 members (excludes halogenated alkanes) is 4. The van der Waals surface area contributed by atoms with Gasteiger partial charge in [-0.15, -0.1) is 0 Å². The van der Waals surface area contributed by atoms with Crippen LogP contribution in [0.4, 0.5) is 0 Å². The Balaban J connectivity index is 4.19. The fourth-order valence-electron chi connectivity index (χ4n) is 2.09. The molecule has 0 aliphatic carbocycles. The third-order valence-electron chi connectivity index (χ3n) is 3.35. The second-order valence-electron chi connectivity index (χ2n) is 5.49. The minimum Gasteiger partial charge on any atom is -0.303 e. The molecule has 18 heavy (non-hydrogen) atoms. The SMILES string of the molecule is CCCCCCC(C)(CCCC)COP(=O)(O)O. The van der Waals surface area contributed by atoms with Crippen LogP contribution in [0, 0.1) is 5.41 Å². The third kappa shape index (κ3) is 10.1. The summed E-state index contributed by atoms with van der Waals surface area (Å²) >= 11 is 0. The van der Waals surface area contributed by atoms with Crippen molar-refractivity contribution >= 4 is 7.82 Å². The van der Waals surface area contributed by atoms with Gasteiger partial charge in [0.1, 0.15) is 0 Å². The van der Waals surface area contributed by atoms with Crippen LogP contribution in [0.25, 0.3) is 0 Å². The lowest BCUT2D eigenvalue weighted by atomic mass is 9.81. The number of rotatable bonds is 11. The molecule has 0 spiro atoms. The summed E-state index contributed by atoms with van der Waals surface area (Å²) in [5.41, 5.74) is -0.106.